The van der Waals surface area contributed by atoms with Gasteiger partial charge in [-0.25, -0.2) is 4.79 Å². The second-order valence-electron chi connectivity index (χ2n) is 5.16. The first-order chi connectivity index (χ1) is 8.93. The maximum absolute atomic E-state index is 12.2. The Labute approximate surface area is 113 Å². The van der Waals surface area contributed by atoms with Crippen LogP contribution in [-0.2, 0) is 19.1 Å². The van der Waals surface area contributed by atoms with Gasteiger partial charge in [-0.2, -0.15) is 0 Å². The summed E-state index contributed by atoms with van der Waals surface area (Å²) in [5.41, 5.74) is 0. The van der Waals surface area contributed by atoms with Gasteiger partial charge in [-0.15, -0.1) is 0 Å². The van der Waals surface area contributed by atoms with E-state index in [4.69, 9.17) is 14.6 Å². The quantitative estimate of drug-likeness (QED) is 0.773. The summed E-state index contributed by atoms with van der Waals surface area (Å²) in [6.45, 7) is 7.04. The number of hydrogen-bond donors (Lipinski definition) is 1. The summed E-state index contributed by atoms with van der Waals surface area (Å²) in [5, 5.41) is 9.07. The highest BCUT2D eigenvalue weighted by atomic mass is 16.5. The SMILES string of the molecule is CC(C)CCOC(C)C(=O)N1CCOCC1C(=O)O. The highest BCUT2D eigenvalue weighted by Gasteiger charge is 2.34. The number of amides is 1. The predicted molar refractivity (Wildman–Crippen MR) is 68.8 cm³/mol. The Kier molecular flexibility index (Phi) is 6.24. The number of nitrogens with zero attached hydrogens (tertiary/aromatic N) is 1. The molecular weight excluding hydrogens is 250 g/mol. The molecule has 110 valence electrons. The van der Waals surface area contributed by atoms with Crippen LogP contribution in [0.4, 0.5) is 0 Å². The van der Waals surface area contributed by atoms with Gasteiger partial charge in [0.2, 0.25) is 0 Å². The molecule has 1 aliphatic rings. The fraction of sp³-hybridized carbons (Fsp3) is 0.846. The Hall–Kier alpha value is -1.14. The second kappa shape index (κ2) is 7.45. The molecule has 0 aliphatic carbocycles. The lowest BCUT2D eigenvalue weighted by molar-refractivity contribution is -0.163. The van der Waals surface area contributed by atoms with Crippen LogP contribution in [0.15, 0.2) is 0 Å². The van der Waals surface area contributed by atoms with Gasteiger partial charge >= 0.3 is 5.97 Å². The molecule has 0 aromatic carbocycles. The van der Waals surface area contributed by atoms with Crippen LogP contribution in [0, 0.1) is 5.92 Å². The number of aliphatic carboxylic acids is 1. The first kappa shape index (κ1) is 15.9. The highest BCUT2D eigenvalue weighted by molar-refractivity contribution is 5.86. The normalized spacial score (nSPS) is 21.5. The lowest BCUT2D eigenvalue weighted by atomic mass is 10.1. The lowest BCUT2D eigenvalue weighted by Gasteiger charge is -2.34. The zero-order valence-electron chi connectivity index (χ0n) is 11.8. The van der Waals surface area contributed by atoms with Crippen molar-refractivity contribution in [1.82, 2.24) is 4.90 Å². The largest absolute Gasteiger partial charge is 0.480 e. The van der Waals surface area contributed by atoms with Gasteiger partial charge in [0.05, 0.1) is 13.2 Å². The number of carbonyl (C=O) groups excluding carboxylic acids is 1. The average molecular weight is 273 g/mol. The van der Waals surface area contributed by atoms with Crippen LogP contribution in [0.1, 0.15) is 27.2 Å². The van der Waals surface area contributed by atoms with Gasteiger partial charge < -0.3 is 19.5 Å². The molecular formula is C13H23NO5. The van der Waals surface area contributed by atoms with Crippen molar-refractivity contribution in [2.75, 3.05) is 26.4 Å². The third-order valence-electron chi connectivity index (χ3n) is 3.11. The summed E-state index contributed by atoms with van der Waals surface area (Å²) < 4.78 is 10.6. The second-order valence-corrected chi connectivity index (χ2v) is 5.16. The molecule has 0 spiro atoms. The van der Waals surface area contributed by atoms with E-state index in [-0.39, 0.29) is 12.5 Å². The molecule has 2 unspecified atom stereocenters. The maximum atomic E-state index is 12.2. The lowest BCUT2D eigenvalue weighted by Crippen LogP contribution is -2.55. The Morgan fingerprint density at radius 3 is 2.68 bits per heavy atom. The van der Waals surface area contributed by atoms with E-state index in [1.807, 2.05) is 0 Å². The van der Waals surface area contributed by atoms with Gasteiger partial charge in [0.15, 0.2) is 6.04 Å². The van der Waals surface area contributed by atoms with Crippen LogP contribution in [0.25, 0.3) is 0 Å². The molecule has 1 aliphatic heterocycles. The first-order valence-corrected chi connectivity index (χ1v) is 6.66. The number of hydrogen-bond acceptors (Lipinski definition) is 4. The number of morpholine rings is 1. The minimum Gasteiger partial charge on any atom is -0.480 e. The third kappa shape index (κ3) is 4.80. The van der Waals surface area contributed by atoms with Crippen LogP contribution >= 0.6 is 0 Å². The molecule has 0 saturated carbocycles. The Bertz CT molecular complexity index is 318. The van der Waals surface area contributed by atoms with Gasteiger partial charge in [-0.05, 0) is 19.3 Å². The molecule has 2 atom stereocenters. The third-order valence-corrected chi connectivity index (χ3v) is 3.11. The molecule has 1 amide bonds. The zero-order valence-corrected chi connectivity index (χ0v) is 11.8. The van der Waals surface area contributed by atoms with Crippen molar-refractivity contribution in [1.29, 1.82) is 0 Å². The number of carbonyl (C=O) groups is 2. The smallest absolute Gasteiger partial charge is 0.328 e. The minimum absolute atomic E-state index is 0.0415. The average Bonchev–Trinajstić information content (AvgIpc) is 2.37. The number of carboxylic acids is 1. The van der Waals surface area contributed by atoms with E-state index in [0.29, 0.717) is 25.7 Å². The number of carboxylic acid groups (broad SMARTS) is 1. The molecule has 0 bridgehead atoms. The molecule has 6 heteroatoms. The van der Waals surface area contributed by atoms with Gasteiger partial charge in [-0.3, -0.25) is 4.79 Å². The van der Waals surface area contributed by atoms with Gasteiger partial charge in [0, 0.05) is 13.2 Å². The topological polar surface area (TPSA) is 76.1 Å². The van der Waals surface area contributed by atoms with E-state index in [1.165, 1.54) is 4.90 Å². The first-order valence-electron chi connectivity index (χ1n) is 6.66. The summed E-state index contributed by atoms with van der Waals surface area (Å²) >= 11 is 0. The summed E-state index contributed by atoms with van der Waals surface area (Å²) in [6.07, 6.45) is 0.266. The highest BCUT2D eigenvalue weighted by Crippen LogP contribution is 2.11. The van der Waals surface area contributed by atoms with Crippen molar-refractivity contribution in [3.8, 4) is 0 Å². The van der Waals surface area contributed by atoms with Crippen LogP contribution < -0.4 is 0 Å². The summed E-state index contributed by atoms with van der Waals surface area (Å²) in [6, 6.07) is -0.905. The van der Waals surface area contributed by atoms with Crippen molar-refractivity contribution in [3.63, 3.8) is 0 Å². The number of rotatable bonds is 6. The van der Waals surface area contributed by atoms with Gasteiger partial charge in [0.25, 0.3) is 5.91 Å². The predicted octanol–water partition coefficient (Wildman–Crippen LogP) is 0.750. The van der Waals surface area contributed by atoms with Crippen LogP contribution in [0.2, 0.25) is 0 Å². The van der Waals surface area contributed by atoms with Crippen molar-refractivity contribution >= 4 is 11.9 Å². The fourth-order valence-electron chi connectivity index (χ4n) is 1.86. The van der Waals surface area contributed by atoms with E-state index < -0.39 is 18.1 Å². The Morgan fingerprint density at radius 2 is 2.11 bits per heavy atom. The molecule has 1 N–H and O–H groups in total. The van der Waals surface area contributed by atoms with E-state index in [1.54, 1.807) is 6.92 Å². The summed E-state index contributed by atoms with van der Waals surface area (Å²) in [4.78, 5) is 24.6. The maximum Gasteiger partial charge on any atom is 0.328 e. The molecule has 1 fully saturated rings. The summed E-state index contributed by atoms with van der Waals surface area (Å²) in [7, 11) is 0. The number of ether oxygens (including phenoxy) is 2. The van der Waals surface area contributed by atoms with E-state index in [9.17, 15) is 9.59 Å². The monoisotopic (exact) mass is 273 g/mol. The standard InChI is InChI=1S/C13H23NO5/c1-9(2)4-6-19-10(3)12(15)14-5-7-18-8-11(14)13(16)17/h9-11H,4-8H2,1-3H3,(H,16,17). The zero-order chi connectivity index (χ0) is 14.4. The Morgan fingerprint density at radius 1 is 1.42 bits per heavy atom. The van der Waals surface area contributed by atoms with Crippen molar-refractivity contribution in [2.45, 2.75) is 39.3 Å². The van der Waals surface area contributed by atoms with E-state index in [2.05, 4.69) is 13.8 Å². The molecule has 19 heavy (non-hydrogen) atoms. The van der Waals surface area contributed by atoms with Crippen molar-refractivity contribution < 1.29 is 24.2 Å². The molecule has 1 rings (SSSR count). The molecule has 6 nitrogen and oxygen atoms in total. The van der Waals surface area contributed by atoms with E-state index >= 15 is 0 Å². The molecule has 0 aromatic heterocycles. The molecule has 1 heterocycles. The minimum atomic E-state index is -1.04. The van der Waals surface area contributed by atoms with Crippen LogP contribution in [0.5, 0.6) is 0 Å². The molecule has 0 aromatic rings. The summed E-state index contributed by atoms with van der Waals surface area (Å²) in [5.74, 6) is -0.806. The fourth-order valence-corrected chi connectivity index (χ4v) is 1.86. The molecule has 1 saturated heterocycles. The van der Waals surface area contributed by atoms with Gasteiger partial charge in [0.1, 0.15) is 6.10 Å². The van der Waals surface area contributed by atoms with Crippen molar-refractivity contribution in [2.24, 2.45) is 5.92 Å². The Balaban J connectivity index is 2.51. The van der Waals surface area contributed by atoms with E-state index in [0.717, 1.165) is 6.42 Å². The van der Waals surface area contributed by atoms with Crippen LogP contribution in [0.3, 0.4) is 0 Å². The van der Waals surface area contributed by atoms with Crippen molar-refractivity contribution in [3.05, 3.63) is 0 Å². The molecule has 0 radical (unpaired) electrons. The van der Waals surface area contributed by atoms with Gasteiger partial charge in [-0.1, -0.05) is 13.8 Å². The van der Waals surface area contributed by atoms with Crippen LogP contribution in [-0.4, -0.2) is 60.4 Å².